The number of nitrogens with one attached hydrogen (secondary N) is 1. The van der Waals surface area contributed by atoms with Gasteiger partial charge in [0.1, 0.15) is 4.66 Å². The molecule has 0 amide bonds. The van der Waals surface area contributed by atoms with Crippen molar-refractivity contribution < 1.29 is 18.3 Å². The molecular formula is C7H14BrNO4S. The first kappa shape index (κ1) is 12.4. The van der Waals surface area contributed by atoms with Crippen molar-refractivity contribution >= 4 is 26.0 Å². The van der Waals surface area contributed by atoms with Crippen LogP contribution in [0.1, 0.15) is 12.8 Å². The zero-order chi connectivity index (χ0) is 10.7. The van der Waals surface area contributed by atoms with Crippen molar-refractivity contribution in [2.45, 2.75) is 18.4 Å². The molecule has 1 saturated heterocycles. The van der Waals surface area contributed by atoms with Crippen LogP contribution in [0.2, 0.25) is 0 Å². The molecule has 0 bridgehead atoms. The molecule has 0 radical (unpaired) electrons. The Morgan fingerprint density at radius 2 is 2.00 bits per heavy atom. The van der Waals surface area contributed by atoms with Crippen molar-refractivity contribution in [3.05, 3.63) is 0 Å². The largest absolute Gasteiger partial charge is 0.388 e. The van der Waals surface area contributed by atoms with E-state index < -0.39 is 15.6 Å². The minimum atomic E-state index is -3.29. The Morgan fingerprint density at radius 1 is 1.43 bits per heavy atom. The normalized spacial score (nSPS) is 22.1. The Labute approximate surface area is 92.0 Å². The predicted octanol–water partition coefficient (Wildman–Crippen LogP) is -0.200. The highest BCUT2D eigenvalue weighted by molar-refractivity contribution is 9.10. The van der Waals surface area contributed by atoms with Crippen LogP contribution in [0.3, 0.4) is 0 Å². The summed E-state index contributed by atoms with van der Waals surface area (Å²) < 4.78 is 29.4. The zero-order valence-electron chi connectivity index (χ0n) is 7.70. The van der Waals surface area contributed by atoms with Gasteiger partial charge in [-0.1, -0.05) is 15.9 Å². The third-order valence-corrected chi connectivity index (χ3v) is 4.87. The van der Waals surface area contributed by atoms with Gasteiger partial charge in [-0.15, -0.1) is 0 Å². The fraction of sp³-hybridized carbons (Fsp3) is 1.00. The second-order valence-electron chi connectivity index (χ2n) is 3.38. The molecule has 14 heavy (non-hydrogen) atoms. The van der Waals surface area contributed by atoms with E-state index in [1.165, 1.54) is 0 Å². The molecule has 84 valence electrons. The maximum absolute atomic E-state index is 11.1. The van der Waals surface area contributed by atoms with E-state index in [-0.39, 0.29) is 11.2 Å². The molecule has 0 aliphatic carbocycles. The molecule has 5 nitrogen and oxygen atoms in total. The standard InChI is InChI=1S/C7H14BrNO4S/c8-6-14(11,12)9-5-7(10)1-3-13-4-2-7/h9-10H,1-6H2. The third kappa shape index (κ3) is 3.82. The molecule has 0 aromatic carbocycles. The van der Waals surface area contributed by atoms with E-state index in [2.05, 4.69) is 20.7 Å². The van der Waals surface area contributed by atoms with Gasteiger partial charge in [-0.25, -0.2) is 13.1 Å². The van der Waals surface area contributed by atoms with Crippen molar-refractivity contribution in [1.82, 2.24) is 4.72 Å². The summed E-state index contributed by atoms with van der Waals surface area (Å²) in [4.78, 5) is 0. The van der Waals surface area contributed by atoms with Crippen LogP contribution in [0.25, 0.3) is 0 Å². The number of hydrogen-bond donors (Lipinski definition) is 2. The highest BCUT2D eigenvalue weighted by Crippen LogP contribution is 2.19. The first-order chi connectivity index (χ1) is 6.47. The summed E-state index contributed by atoms with van der Waals surface area (Å²) in [7, 11) is -3.29. The lowest BCUT2D eigenvalue weighted by Gasteiger charge is -2.31. The molecule has 1 aliphatic heterocycles. The highest BCUT2D eigenvalue weighted by Gasteiger charge is 2.30. The molecule has 2 N–H and O–H groups in total. The second kappa shape index (κ2) is 4.89. The molecule has 1 heterocycles. The minimum absolute atomic E-state index is 0.0598. The van der Waals surface area contributed by atoms with Crippen LogP contribution in [0, 0.1) is 0 Å². The lowest BCUT2D eigenvalue weighted by Crippen LogP contribution is -2.46. The van der Waals surface area contributed by atoms with E-state index in [0.29, 0.717) is 26.1 Å². The second-order valence-corrected chi connectivity index (χ2v) is 6.49. The van der Waals surface area contributed by atoms with Gasteiger partial charge < -0.3 is 9.84 Å². The highest BCUT2D eigenvalue weighted by atomic mass is 79.9. The van der Waals surface area contributed by atoms with E-state index >= 15 is 0 Å². The van der Waals surface area contributed by atoms with Gasteiger partial charge >= 0.3 is 0 Å². The zero-order valence-corrected chi connectivity index (χ0v) is 10.1. The van der Waals surface area contributed by atoms with E-state index in [4.69, 9.17) is 4.74 Å². The topological polar surface area (TPSA) is 75.6 Å². The fourth-order valence-corrected chi connectivity index (χ4v) is 2.26. The first-order valence-electron chi connectivity index (χ1n) is 4.31. The van der Waals surface area contributed by atoms with Crippen molar-refractivity contribution in [2.24, 2.45) is 0 Å². The van der Waals surface area contributed by atoms with Gasteiger partial charge in [0.25, 0.3) is 0 Å². The summed E-state index contributed by atoms with van der Waals surface area (Å²) in [5.41, 5.74) is -0.951. The molecule has 0 aromatic heterocycles. The van der Waals surface area contributed by atoms with Crippen LogP contribution in [0.5, 0.6) is 0 Å². The molecule has 7 heteroatoms. The van der Waals surface area contributed by atoms with Crippen molar-refractivity contribution in [3.8, 4) is 0 Å². The molecular weight excluding hydrogens is 274 g/mol. The Bertz CT molecular complexity index is 273. The van der Waals surface area contributed by atoms with E-state index in [1.807, 2.05) is 0 Å². The van der Waals surface area contributed by atoms with Crippen LogP contribution < -0.4 is 4.72 Å². The van der Waals surface area contributed by atoms with Gasteiger partial charge in [0.2, 0.25) is 10.0 Å². The monoisotopic (exact) mass is 287 g/mol. The maximum Gasteiger partial charge on any atom is 0.221 e. The van der Waals surface area contributed by atoms with Gasteiger partial charge in [-0.3, -0.25) is 0 Å². The first-order valence-corrected chi connectivity index (χ1v) is 7.08. The summed E-state index contributed by atoms with van der Waals surface area (Å²) in [6, 6.07) is 0. The lowest BCUT2D eigenvalue weighted by molar-refractivity contribution is -0.0588. The summed E-state index contributed by atoms with van der Waals surface area (Å²) in [6.45, 7) is 1.02. The van der Waals surface area contributed by atoms with Crippen LogP contribution in [0.15, 0.2) is 0 Å². The lowest BCUT2D eigenvalue weighted by atomic mass is 9.95. The Balaban J connectivity index is 2.43. The number of ether oxygens (including phenoxy) is 1. The molecule has 0 unspecified atom stereocenters. The number of halogens is 1. The molecule has 0 aromatic rings. The minimum Gasteiger partial charge on any atom is -0.388 e. The predicted molar refractivity (Wildman–Crippen MR) is 55.7 cm³/mol. The van der Waals surface area contributed by atoms with Gasteiger partial charge in [0.05, 0.1) is 5.60 Å². The summed E-state index contributed by atoms with van der Waals surface area (Å²) in [6.07, 6.45) is 0.940. The molecule has 0 saturated carbocycles. The number of sulfonamides is 1. The van der Waals surface area contributed by atoms with Crippen LogP contribution >= 0.6 is 15.9 Å². The van der Waals surface area contributed by atoms with E-state index in [9.17, 15) is 13.5 Å². The van der Waals surface area contributed by atoms with Crippen LogP contribution in [-0.2, 0) is 14.8 Å². The van der Waals surface area contributed by atoms with Gasteiger partial charge in [-0.2, -0.15) is 0 Å². The van der Waals surface area contributed by atoms with Crippen molar-refractivity contribution in [1.29, 1.82) is 0 Å². The number of hydrogen-bond acceptors (Lipinski definition) is 4. The Hall–Kier alpha value is 0.310. The Kier molecular flexibility index (Phi) is 4.32. The van der Waals surface area contributed by atoms with Crippen LogP contribution in [-0.4, -0.2) is 43.5 Å². The maximum atomic E-state index is 11.1. The molecule has 0 atom stereocenters. The molecule has 1 aliphatic rings. The average Bonchev–Trinajstić information content (AvgIpc) is 2.17. The van der Waals surface area contributed by atoms with Gasteiger partial charge in [-0.05, 0) is 0 Å². The van der Waals surface area contributed by atoms with Crippen molar-refractivity contribution in [2.75, 3.05) is 24.4 Å². The smallest absolute Gasteiger partial charge is 0.221 e. The van der Waals surface area contributed by atoms with E-state index in [1.54, 1.807) is 0 Å². The summed E-state index contributed by atoms with van der Waals surface area (Å²) in [5, 5.41) is 9.91. The summed E-state index contributed by atoms with van der Waals surface area (Å²) in [5.74, 6) is 0. The van der Waals surface area contributed by atoms with Gasteiger partial charge in [0, 0.05) is 32.6 Å². The average molecular weight is 288 g/mol. The summed E-state index contributed by atoms with van der Waals surface area (Å²) >= 11 is 2.86. The molecule has 1 fully saturated rings. The Morgan fingerprint density at radius 3 is 2.50 bits per heavy atom. The number of alkyl halides is 1. The fourth-order valence-electron chi connectivity index (χ4n) is 1.21. The SMILES string of the molecule is O=S(=O)(CBr)NCC1(O)CCOCC1. The van der Waals surface area contributed by atoms with Crippen LogP contribution in [0.4, 0.5) is 0 Å². The molecule has 1 rings (SSSR count). The number of aliphatic hydroxyl groups is 1. The van der Waals surface area contributed by atoms with Gasteiger partial charge in [0.15, 0.2) is 0 Å². The van der Waals surface area contributed by atoms with E-state index in [0.717, 1.165) is 0 Å². The number of rotatable bonds is 4. The third-order valence-electron chi connectivity index (χ3n) is 2.19. The quantitative estimate of drug-likeness (QED) is 0.703. The van der Waals surface area contributed by atoms with Crippen molar-refractivity contribution in [3.63, 3.8) is 0 Å². The molecule has 0 spiro atoms.